The van der Waals surface area contributed by atoms with Crippen LogP contribution in [-0.2, 0) is 16.1 Å². The number of amides is 2. The zero-order chi connectivity index (χ0) is 24.5. The van der Waals surface area contributed by atoms with E-state index in [-0.39, 0.29) is 25.2 Å². The average molecular weight is 475 g/mol. The summed E-state index contributed by atoms with van der Waals surface area (Å²) in [6.45, 7) is 1.56. The van der Waals surface area contributed by atoms with Crippen LogP contribution in [0.2, 0.25) is 0 Å². The average Bonchev–Trinajstić information content (AvgIpc) is 2.92. The van der Waals surface area contributed by atoms with Gasteiger partial charge in [0.05, 0.1) is 24.8 Å². The fourth-order valence-corrected chi connectivity index (χ4v) is 3.54. The highest BCUT2D eigenvalue weighted by atomic mass is 16.6. The molecule has 8 heteroatoms. The molecule has 0 saturated carbocycles. The van der Waals surface area contributed by atoms with Gasteiger partial charge in [0.15, 0.2) is 0 Å². The molecule has 4 rings (SSSR count). The lowest BCUT2D eigenvalue weighted by molar-refractivity contribution is -0.0263. The summed E-state index contributed by atoms with van der Waals surface area (Å²) in [4.78, 5) is 38.7. The number of morpholine rings is 1. The van der Waals surface area contributed by atoms with Crippen molar-refractivity contribution in [3.63, 3.8) is 0 Å². The number of nitrogens with zero attached hydrogens (tertiary/aromatic N) is 1. The van der Waals surface area contributed by atoms with Gasteiger partial charge in [-0.1, -0.05) is 48.5 Å². The summed E-state index contributed by atoms with van der Waals surface area (Å²) in [6.07, 6.45) is -0.753. The molecule has 3 aromatic rings. The third-order valence-corrected chi connectivity index (χ3v) is 5.43. The Labute approximate surface area is 203 Å². The van der Waals surface area contributed by atoms with Crippen LogP contribution < -0.4 is 10.1 Å². The number of ether oxygens (including phenoxy) is 3. The minimum Gasteiger partial charge on any atom is -0.445 e. The molecule has 1 fully saturated rings. The Morgan fingerprint density at radius 1 is 0.886 bits per heavy atom. The lowest BCUT2D eigenvalue weighted by Crippen LogP contribution is -2.49. The molecule has 1 aliphatic rings. The van der Waals surface area contributed by atoms with Gasteiger partial charge in [-0.25, -0.2) is 9.59 Å². The van der Waals surface area contributed by atoms with Gasteiger partial charge in [-0.2, -0.15) is 0 Å². The predicted octanol–water partition coefficient (Wildman–Crippen LogP) is 3.67. The highest BCUT2D eigenvalue weighted by molar-refractivity contribution is 5.94. The number of hydrogen-bond acceptors (Lipinski definition) is 6. The normalized spacial score (nSPS) is 15.2. The zero-order valence-corrected chi connectivity index (χ0v) is 19.1. The van der Waals surface area contributed by atoms with Gasteiger partial charge in [-0.05, 0) is 42.0 Å². The molecule has 1 saturated heterocycles. The summed E-state index contributed by atoms with van der Waals surface area (Å²) in [6, 6.07) is 24.4. The molecule has 1 unspecified atom stereocenters. The van der Waals surface area contributed by atoms with E-state index in [4.69, 9.17) is 14.2 Å². The lowest BCUT2D eigenvalue weighted by Gasteiger charge is -2.32. The van der Waals surface area contributed by atoms with E-state index in [1.54, 1.807) is 53.4 Å². The van der Waals surface area contributed by atoms with E-state index in [2.05, 4.69) is 5.32 Å². The Hall–Kier alpha value is -4.17. The summed E-state index contributed by atoms with van der Waals surface area (Å²) >= 11 is 0. The molecule has 1 aliphatic heterocycles. The van der Waals surface area contributed by atoms with Crippen LogP contribution in [0.25, 0.3) is 0 Å². The van der Waals surface area contributed by atoms with E-state index in [9.17, 15) is 14.4 Å². The van der Waals surface area contributed by atoms with E-state index in [0.717, 1.165) is 5.56 Å². The number of carbonyl (C=O) groups is 3. The molecule has 1 atom stereocenters. The maximum Gasteiger partial charge on any atom is 0.410 e. The number of hydrogen-bond donors (Lipinski definition) is 1. The lowest BCUT2D eigenvalue weighted by atomic mass is 10.2. The molecule has 0 spiro atoms. The number of carbonyl (C=O) groups excluding carboxylic acids is 3. The second kappa shape index (κ2) is 11.8. The van der Waals surface area contributed by atoms with Crippen LogP contribution in [0.3, 0.4) is 0 Å². The largest absolute Gasteiger partial charge is 0.445 e. The van der Waals surface area contributed by atoms with Gasteiger partial charge < -0.3 is 24.4 Å². The third kappa shape index (κ3) is 6.91. The van der Waals surface area contributed by atoms with Crippen LogP contribution >= 0.6 is 0 Å². The number of esters is 1. The van der Waals surface area contributed by atoms with Gasteiger partial charge in [0.2, 0.25) is 0 Å². The van der Waals surface area contributed by atoms with Crippen LogP contribution in [0.15, 0.2) is 84.9 Å². The molecular weight excluding hydrogens is 448 g/mol. The van der Waals surface area contributed by atoms with Gasteiger partial charge in [-0.15, -0.1) is 0 Å². The second-order valence-corrected chi connectivity index (χ2v) is 7.97. The van der Waals surface area contributed by atoms with Crippen molar-refractivity contribution in [2.75, 3.05) is 26.2 Å². The molecule has 1 N–H and O–H groups in total. The molecule has 1 heterocycles. The standard InChI is InChI=1S/C27H26N2O6/c30-25(21-11-13-23(14-12-21)35-26(31)22-9-5-2-6-10-22)28-17-24-18-29(15-16-33-24)27(32)34-19-20-7-3-1-4-8-20/h1-14,24H,15-19H2,(H,28,30). The highest BCUT2D eigenvalue weighted by Gasteiger charge is 2.25. The van der Waals surface area contributed by atoms with Crippen LogP contribution in [0.4, 0.5) is 4.79 Å². The van der Waals surface area contributed by atoms with Gasteiger partial charge in [-0.3, -0.25) is 4.79 Å². The van der Waals surface area contributed by atoms with E-state index in [1.807, 2.05) is 36.4 Å². The molecule has 2 amide bonds. The molecule has 3 aromatic carbocycles. The van der Waals surface area contributed by atoms with Gasteiger partial charge in [0.25, 0.3) is 5.91 Å². The van der Waals surface area contributed by atoms with Crippen molar-refractivity contribution in [1.82, 2.24) is 10.2 Å². The van der Waals surface area contributed by atoms with Gasteiger partial charge in [0.1, 0.15) is 12.4 Å². The SMILES string of the molecule is O=C(NCC1CN(C(=O)OCc2ccccc2)CCO1)c1ccc(OC(=O)c2ccccc2)cc1. The topological polar surface area (TPSA) is 94.2 Å². The van der Waals surface area contributed by atoms with Crippen LogP contribution in [0.1, 0.15) is 26.3 Å². The first-order valence-electron chi connectivity index (χ1n) is 11.3. The van der Waals surface area contributed by atoms with E-state index < -0.39 is 12.1 Å². The molecule has 180 valence electrons. The first-order valence-corrected chi connectivity index (χ1v) is 11.3. The number of rotatable bonds is 7. The minimum absolute atomic E-state index is 0.203. The first-order chi connectivity index (χ1) is 17.1. The smallest absolute Gasteiger partial charge is 0.410 e. The van der Waals surface area contributed by atoms with E-state index in [0.29, 0.717) is 36.6 Å². The molecular formula is C27H26N2O6. The van der Waals surface area contributed by atoms with Crippen molar-refractivity contribution in [2.45, 2.75) is 12.7 Å². The minimum atomic E-state index is -0.468. The predicted molar refractivity (Wildman–Crippen MR) is 128 cm³/mol. The Bertz CT molecular complexity index is 1140. The molecule has 0 aliphatic carbocycles. The molecule has 0 radical (unpaired) electrons. The van der Waals surface area contributed by atoms with Crippen molar-refractivity contribution in [2.24, 2.45) is 0 Å². The third-order valence-electron chi connectivity index (χ3n) is 5.43. The van der Waals surface area contributed by atoms with Gasteiger partial charge in [0, 0.05) is 18.7 Å². The summed E-state index contributed by atoms with van der Waals surface area (Å²) in [5.41, 5.74) is 1.78. The quantitative estimate of drug-likeness (QED) is 0.415. The van der Waals surface area contributed by atoms with Gasteiger partial charge >= 0.3 is 12.1 Å². The van der Waals surface area contributed by atoms with E-state index >= 15 is 0 Å². The summed E-state index contributed by atoms with van der Waals surface area (Å²) in [5.74, 6) is -0.418. The number of benzene rings is 3. The van der Waals surface area contributed by atoms with Crippen molar-refractivity contribution >= 4 is 18.0 Å². The molecule has 0 aromatic heterocycles. The maximum atomic E-state index is 12.5. The fraction of sp³-hybridized carbons (Fsp3) is 0.222. The van der Waals surface area contributed by atoms with Crippen LogP contribution in [-0.4, -0.2) is 55.2 Å². The monoisotopic (exact) mass is 474 g/mol. The van der Waals surface area contributed by atoms with Crippen molar-refractivity contribution in [3.05, 3.63) is 102 Å². The van der Waals surface area contributed by atoms with Crippen LogP contribution in [0.5, 0.6) is 5.75 Å². The Morgan fingerprint density at radius 2 is 1.57 bits per heavy atom. The highest BCUT2D eigenvalue weighted by Crippen LogP contribution is 2.15. The first kappa shape index (κ1) is 24.0. The van der Waals surface area contributed by atoms with E-state index in [1.165, 1.54) is 0 Å². The zero-order valence-electron chi connectivity index (χ0n) is 19.1. The fourth-order valence-electron chi connectivity index (χ4n) is 3.54. The summed E-state index contributed by atoms with van der Waals surface area (Å²) in [7, 11) is 0. The number of nitrogens with one attached hydrogen (secondary N) is 1. The second-order valence-electron chi connectivity index (χ2n) is 7.97. The van der Waals surface area contributed by atoms with Crippen molar-refractivity contribution in [1.29, 1.82) is 0 Å². The van der Waals surface area contributed by atoms with Crippen molar-refractivity contribution < 1.29 is 28.6 Å². The summed E-state index contributed by atoms with van der Waals surface area (Å²) < 4.78 is 16.4. The maximum absolute atomic E-state index is 12.5. The molecule has 35 heavy (non-hydrogen) atoms. The Kier molecular flexibility index (Phi) is 8.08. The summed E-state index contributed by atoms with van der Waals surface area (Å²) in [5, 5.41) is 2.82. The molecule has 8 nitrogen and oxygen atoms in total. The van der Waals surface area contributed by atoms with Crippen LogP contribution in [0, 0.1) is 0 Å². The Morgan fingerprint density at radius 3 is 2.29 bits per heavy atom. The van der Waals surface area contributed by atoms with Crippen molar-refractivity contribution in [3.8, 4) is 5.75 Å². The molecule has 0 bridgehead atoms. The Balaban J connectivity index is 1.22.